The summed E-state index contributed by atoms with van der Waals surface area (Å²) in [7, 11) is 0. The molecule has 2 aliphatic carbocycles. The van der Waals surface area contributed by atoms with E-state index in [0.29, 0.717) is 25.7 Å². The van der Waals surface area contributed by atoms with Gasteiger partial charge in [-0.05, 0) is 127 Å². The van der Waals surface area contributed by atoms with Crippen molar-refractivity contribution in [2.75, 3.05) is 13.2 Å². The van der Waals surface area contributed by atoms with Gasteiger partial charge in [-0.25, -0.2) is 0 Å². The molecule has 0 aliphatic heterocycles. The number of rotatable bonds is 18. The van der Waals surface area contributed by atoms with Gasteiger partial charge in [-0.15, -0.1) is 0 Å². The zero-order valence-electron chi connectivity index (χ0n) is 30.7. The van der Waals surface area contributed by atoms with Crippen LogP contribution in [0.5, 0.6) is 23.0 Å². The van der Waals surface area contributed by atoms with E-state index in [4.69, 9.17) is 9.47 Å². The second-order valence-electron chi connectivity index (χ2n) is 14.0. The Hall–Kier alpha value is -3.65. The summed E-state index contributed by atoms with van der Waals surface area (Å²) in [6, 6.07) is 3.79. The van der Waals surface area contributed by atoms with Crippen LogP contribution in [0.4, 0.5) is 48.3 Å². The third-order valence-corrected chi connectivity index (χ3v) is 10.3. The van der Waals surface area contributed by atoms with Gasteiger partial charge in [0, 0.05) is 0 Å². The first-order valence-corrected chi connectivity index (χ1v) is 18.7. The lowest BCUT2D eigenvalue weighted by Gasteiger charge is -2.32. The van der Waals surface area contributed by atoms with Crippen LogP contribution in [-0.2, 0) is 0 Å². The minimum absolute atomic E-state index is 0.0173. The van der Waals surface area contributed by atoms with Crippen molar-refractivity contribution in [1.82, 2.24) is 0 Å². The molecule has 2 aliphatic rings. The van der Waals surface area contributed by atoms with E-state index in [0.717, 1.165) is 24.3 Å². The van der Waals surface area contributed by atoms with Crippen LogP contribution in [0.1, 0.15) is 90.9 Å². The zero-order valence-corrected chi connectivity index (χ0v) is 30.7. The maximum absolute atomic E-state index is 14.9. The van der Waals surface area contributed by atoms with Gasteiger partial charge in [-0.2, -0.15) is 48.3 Å². The molecular formula is C40H47F11O4. The third kappa shape index (κ3) is 12.2. The highest BCUT2D eigenvalue weighted by Gasteiger charge is 2.46. The van der Waals surface area contributed by atoms with Crippen molar-refractivity contribution in [1.29, 1.82) is 0 Å². The fourth-order valence-electron chi connectivity index (χ4n) is 7.12. The summed E-state index contributed by atoms with van der Waals surface area (Å²) in [5.74, 6) is -13.1. The van der Waals surface area contributed by atoms with Crippen LogP contribution in [0.2, 0.25) is 0 Å². The Bertz CT molecular complexity index is 1470. The molecule has 308 valence electrons. The van der Waals surface area contributed by atoms with E-state index in [2.05, 4.69) is 9.47 Å². The molecule has 55 heavy (non-hydrogen) atoms. The quantitative estimate of drug-likeness (QED) is 0.111. The van der Waals surface area contributed by atoms with Gasteiger partial charge in [0.2, 0.25) is 23.3 Å². The molecular weight excluding hydrogens is 753 g/mol. The molecule has 0 N–H and O–H groups in total. The van der Waals surface area contributed by atoms with Gasteiger partial charge in [0.25, 0.3) is 0 Å². The highest BCUT2D eigenvalue weighted by Crippen LogP contribution is 2.44. The number of halogens is 11. The fraction of sp³-hybridized carbons (Fsp3) is 0.600. The predicted octanol–water partition coefficient (Wildman–Crippen LogP) is 13.1. The molecule has 2 fully saturated rings. The van der Waals surface area contributed by atoms with Crippen molar-refractivity contribution in [3.05, 3.63) is 71.8 Å². The molecule has 15 heteroatoms. The number of ether oxygens (including phenoxy) is 4. The average Bonchev–Trinajstić information content (AvgIpc) is 3.13. The Kier molecular flexibility index (Phi) is 15.6. The Labute approximate surface area is 314 Å². The second kappa shape index (κ2) is 19.5. The molecule has 2 saturated carbocycles. The minimum atomic E-state index is -4.44. The van der Waals surface area contributed by atoms with E-state index in [-0.39, 0.29) is 76.4 Å². The van der Waals surface area contributed by atoms with Crippen LogP contribution in [-0.4, -0.2) is 31.6 Å². The van der Waals surface area contributed by atoms with E-state index in [1.807, 2.05) is 0 Å². The smallest absolute Gasteiger partial charge is 0.400 e. The van der Waals surface area contributed by atoms with Gasteiger partial charge in [-0.3, -0.25) is 0 Å². The highest BCUT2D eigenvalue weighted by atomic mass is 19.4. The van der Waals surface area contributed by atoms with Crippen molar-refractivity contribution in [2.45, 2.75) is 109 Å². The summed E-state index contributed by atoms with van der Waals surface area (Å²) < 4.78 is 177. The molecule has 0 atom stereocenters. The lowest BCUT2D eigenvalue weighted by atomic mass is 9.81. The van der Waals surface area contributed by atoms with E-state index >= 15 is 0 Å². The summed E-state index contributed by atoms with van der Waals surface area (Å²) in [5, 5.41) is 0. The van der Waals surface area contributed by atoms with Gasteiger partial charge < -0.3 is 18.9 Å². The van der Waals surface area contributed by atoms with E-state index < -0.39 is 82.4 Å². The first-order valence-electron chi connectivity index (χ1n) is 18.7. The Balaban J connectivity index is 1.17. The van der Waals surface area contributed by atoms with Crippen molar-refractivity contribution < 1.29 is 67.2 Å². The number of allylic oxidation sites excluding steroid dienone is 4. The molecule has 4 nitrogen and oxygen atoms in total. The Morgan fingerprint density at radius 1 is 0.545 bits per heavy atom. The van der Waals surface area contributed by atoms with Crippen LogP contribution in [0.3, 0.4) is 0 Å². The van der Waals surface area contributed by atoms with Crippen molar-refractivity contribution in [3.63, 3.8) is 0 Å². The normalized spacial score (nSPS) is 21.9. The summed E-state index contributed by atoms with van der Waals surface area (Å²) >= 11 is 0. The SMILES string of the molecule is CCOc1ccc(OC(F)(F)C2CCC(/C=C/CCC(CC/C=C/C3CCC(C(F)(F)Oc4ccc(OCC)c(F)c4F)CC3)C(F)(F)F)CC2)c(F)c1F. The third-order valence-electron chi connectivity index (χ3n) is 10.3. The van der Waals surface area contributed by atoms with Crippen LogP contribution < -0.4 is 18.9 Å². The molecule has 2 aromatic carbocycles. The van der Waals surface area contributed by atoms with Crippen LogP contribution in [0.25, 0.3) is 0 Å². The molecule has 0 amide bonds. The second-order valence-corrected chi connectivity index (χ2v) is 14.0. The van der Waals surface area contributed by atoms with E-state index in [9.17, 15) is 48.3 Å². The highest BCUT2D eigenvalue weighted by molar-refractivity contribution is 5.36. The first-order chi connectivity index (χ1) is 26.0. The van der Waals surface area contributed by atoms with Crippen LogP contribution in [0, 0.1) is 52.9 Å². The van der Waals surface area contributed by atoms with Crippen LogP contribution >= 0.6 is 0 Å². The number of benzene rings is 2. The fourth-order valence-corrected chi connectivity index (χ4v) is 7.12. The summed E-state index contributed by atoms with van der Waals surface area (Å²) in [5.41, 5.74) is 0. The van der Waals surface area contributed by atoms with Gasteiger partial charge >= 0.3 is 18.4 Å². The van der Waals surface area contributed by atoms with Crippen molar-refractivity contribution in [3.8, 4) is 23.0 Å². The van der Waals surface area contributed by atoms with Gasteiger partial charge in [0.15, 0.2) is 23.0 Å². The number of hydrogen-bond acceptors (Lipinski definition) is 4. The molecule has 4 rings (SSSR count). The molecule has 0 saturated heterocycles. The maximum atomic E-state index is 14.9. The first kappa shape index (κ1) is 44.1. The van der Waals surface area contributed by atoms with Gasteiger partial charge in [0.1, 0.15) is 0 Å². The minimum Gasteiger partial charge on any atom is -0.491 e. The molecule has 0 unspecified atom stereocenters. The summed E-state index contributed by atoms with van der Waals surface area (Å²) in [4.78, 5) is 0. The van der Waals surface area contributed by atoms with E-state index in [1.165, 1.54) is 0 Å². The zero-order chi connectivity index (χ0) is 40.4. The molecule has 2 aromatic rings. The Morgan fingerprint density at radius 3 is 1.20 bits per heavy atom. The van der Waals surface area contributed by atoms with E-state index in [1.54, 1.807) is 38.2 Å². The predicted molar refractivity (Wildman–Crippen MR) is 183 cm³/mol. The summed E-state index contributed by atoms with van der Waals surface area (Å²) in [6.07, 6.45) is -3.97. The molecule has 0 radical (unpaired) electrons. The molecule has 0 bridgehead atoms. The number of hydrogen-bond donors (Lipinski definition) is 0. The van der Waals surface area contributed by atoms with Crippen LogP contribution in [0.15, 0.2) is 48.6 Å². The Morgan fingerprint density at radius 2 is 0.873 bits per heavy atom. The monoisotopic (exact) mass is 800 g/mol. The van der Waals surface area contributed by atoms with Crippen molar-refractivity contribution >= 4 is 0 Å². The molecule has 0 heterocycles. The lowest BCUT2D eigenvalue weighted by Crippen LogP contribution is -2.37. The number of alkyl halides is 7. The topological polar surface area (TPSA) is 36.9 Å². The largest absolute Gasteiger partial charge is 0.491 e. The maximum Gasteiger partial charge on any atom is 0.400 e. The van der Waals surface area contributed by atoms with Crippen molar-refractivity contribution in [2.24, 2.45) is 29.6 Å². The van der Waals surface area contributed by atoms with Gasteiger partial charge in [0.05, 0.1) is 31.0 Å². The standard InChI is InChI=1S/C40H47F11O4/c1-3-52-30-21-23-32(36(43)34(30)41)54-39(48,49)28-17-13-25(14-18-28)9-5-7-11-27(38(45,46)47)12-8-6-10-26-15-19-29(20-16-26)40(50,51)55-33-24-22-31(53-4-2)35(42)37(33)44/h5-6,9-10,21-29H,3-4,7-8,11-20H2,1-2H3/b9-5+,10-6+. The average molecular weight is 801 g/mol. The summed E-state index contributed by atoms with van der Waals surface area (Å²) in [6.45, 7) is 3.21. The lowest BCUT2D eigenvalue weighted by molar-refractivity contribution is -0.224. The molecule has 0 aromatic heterocycles. The van der Waals surface area contributed by atoms with Gasteiger partial charge in [-0.1, -0.05) is 24.3 Å². The molecule has 0 spiro atoms.